The second kappa shape index (κ2) is 7.65. The first kappa shape index (κ1) is 17.9. The molecule has 0 aliphatic carbocycles. The molecule has 0 saturated carbocycles. The predicted octanol–water partition coefficient (Wildman–Crippen LogP) is 1.34. The third-order valence-corrected chi connectivity index (χ3v) is 4.73. The molecule has 0 spiro atoms. The molecule has 1 saturated heterocycles. The van der Waals surface area contributed by atoms with E-state index in [1.165, 1.54) is 10.7 Å². The molecule has 0 radical (unpaired) electrons. The highest BCUT2D eigenvalue weighted by Gasteiger charge is 2.18. The Bertz CT molecular complexity index is 1000. The highest BCUT2D eigenvalue weighted by molar-refractivity contribution is 6.03. The number of nitrogens with two attached hydrogens (primary N) is 1. The lowest BCUT2D eigenvalue weighted by Crippen LogP contribution is -2.32. The third-order valence-electron chi connectivity index (χ3n) is 4.73. The Kier molecular flexibility index (Phi) is 4.90. The zero-order valence-corrected chi connectivity index (χ0v) is 15.2. The van der Waals surface area contributed by atoms with Crippen molar-refractivity contribution < 1.29 is 9.59 Å². The van der Waals surface area contributed by atoms with E-state index in [4.69, 9.17) is 5.73 Å². The van der Waals surface area contributed by atoms with Crippen LogP contribution in [0, 0.1) is 0 Å². The number of nitrogens with zero attached hydrogens (tertiary/aromatic N) is 4. The van der Waals surface area contributed by atoms with Crippen molar-refractivity contribution in [3.05, 3.63) is 60.2 Å². The number of rotatable bonds is 5. The number of para-hydroxylation sites is 2. The number of hydrogen-bond donors (Lipinski definition) is 3. The molecule has 3 aromatic rings. The van der Waals surface area contributed by atoms with Crippen LogP contribution in [0.4, 0.5) is 5.69 Å². The number of aromatic nitrogens is 4. The van der Waals surface area contributed by atoms with Gasteiger partial charge in [0.05, 0.1) is 17.4 Å². The van der Waals surface area contributed by atoms with E-state index in [1.807, 2.05) is 23.0 Å². The van der Waals surface area contributed by atoms with Gasteiger partial charge < -0.3 is 16.4 Å². The Morgan fingerprint density at radius 2 is 1.93 bits per heavy atom. The van der Waals surface area contributed by atoms with Gasteiger partial charge in [-0.15, -0.1) is 0 Å². The Balaban J connectivity index is 1.53. The number of nitrogens with one attached hydrogen (secondary N) is 2. The Labute approximate surface area is 161 Å². The van der Waals surface area contributed by atoms with Crippen molar-refractivity contribution in [2.24, 2.45) is 5.73 Å². The number of piperidine rings is 1. The first-order valence-corrected chi connectivity index (χ1v) is 9.14. The van der Waals surface area contributed by atoms with Gasteiger partial charge in [-0.1, -0.05) is 12.1 Å². The third kappa shape index (κ3) is 3.65. The quantitative estimate of drug-likeness (QED) is 0.618. The maximum atomic E-state index is 12.7. The molecule has 144 valence electrons. The molecule has 4 N–H and O–H groups in total. The van der Waals surface area contributed by atoms with Crippen LogP contribution >= 0.6 is 0 Å². The Hall–Kier alpha value is -3.46. The van der Waals surface area contributed by atoms with Crippen molar-refractivity contribution in [2.45, 2.75) is 18.9 Å². The predicted molar refractivity (Wildman–Crippen MR) is 103 cm³/mol. The summed E-state index contributed by atoms with van der Waals surface area (Å²) in [6, 6.07) is 10.7. The average molecular weight is 379 g/mol. The van der Waals surface area contributed by atoms with Crippen LogP contribution < -0.4 is 16.4 Å². The highest BCUT2D eigenvalue weighted by atomic mass is 16.2. The van der Waals surface area contributed by atoms with E-state index in [-0.39, 0.29) is 17.6 Å². The average Bonchev–Trinajstić information content (AvgIpc) is 3.39. The maximum Gasteiger partial charge on any atom is 0.276 e. The number of anilines is 1. The largest absolute Gasteiger partial charge is 0.364 e. The van der Waals surface area contributed by atoms with Gasteiger partial charge in [-0.05, 0) is 43.7 Å². The van der Waals surface area contributed by atoms with Crippen molar-refractivity contribution in [1.82, 2.24) is 24.9 Å². The Morgan fingerprint density at radius 3 is 2.68 bits per heavy atom. The number of primary amides is 1. The molecule has 1 aliphatic rings. The molecule has 1 atom stereocenters. The fraction of sp³-hybridized carbons (Fsp3) is 0.263. The maximum absolute atomic E-state index is 12.7. The summed E-state index contributed by atoms with van der Waals surface area (Å²) in [7, 11) is 0. The van der Waals surface area contributed by atoms with Gasteiger partial charge in [0.15, 0.2) is 5.69 Å². The van der Waals surface area contributed by atoms with E-state index in [1.54, 1.807) is 24.4 Å². The Morgan fingerprint density at radius 1 is 1.11 bits per heavy atom. The number of hydrogen-bond acceptors (Lipinski definition) is 5. The van der Waals surface area contributed by atoms with Crippen molar-refractivity contribution in [2.75, 3.05) is 18.4 Å². The first-order valence-electron chi connectivity index (χ1n) is 9.14. The topological polar surface area (TPSA) is 120 Å². The minimum atomic E-state index is -0.608. The molecule has 2 aromatic heterocycles. The van der Waals surface area contributed by atoms with Crippen LogP contribution in [-0.4, -0.2) is 44.5 Å². The fourth-order valence-electron chi connectivity index (χ4n) is 3.28. The zero-order chi connectivity index (χ0) is 19.5. The summed E-state index contributed by atoms with van der Waals surface area (Å²) in [5.74, 6) is -0.916. The van der Waals surface area contributed by atoms with Crippen molar-refractivity contribution in [3.8, 4) is 5.69 Å². The van der Waals surface area contributed by atoms with Crippen LogP contribution in [-0.2, 0) is 0 Å². The van der Waals surface area contributed by atoms with Gasteiger partial charge >= 0.3 is 0 Å². The summed E-state index contributed by atoms with van der Waals surface area (Å²) in [6.07, 6.45) is 5.59. The molecule has 4 rings (SSSR count). The molecule has 28 heavy (non-hydrogen) atoms. The van der Waals surface area contributed by atoms with Crippen LogP contribution in [0.2, 0.25) is 0 Å². The van der Waals surface area contributed by atoms with Gasteiger partial charge in [0.2, 0.25) is 0 Å². The van der Waals surface area contributed by atoms with E-state index >= 15 is 0 Å². The second-order valence-corrected chi connectivity index (χ2v) is 6.66. The van der Waals surface area contributed by atoms with Gasteiger partial charge in [-0.25, -0.2) is 4.68 Å². The van der Waals surface area contributed by atoms with Gasteiger partial charge in [-0.2, -0.15) is 10.2 Å². The monoisotopic (exact) mass is 379 g/mol. The molecular weight excluding hydrogens is 358 g/mol. The number of amides is 2. The molecule has 1 fully saturated rings. The van der Waals surface area contributed by atoms with Crippen LogP contribution in [0.1, 0.15) is 39.9 Å². The molecule has 1 aromatic carbocycles. The molecule has 3 heterocycles. The molecule has 0 bridgehead atoms. The minimum absolute atomic E-state index is 0.154. The minimum Gasteiger partial charge on any atom is -0.364 e. The molecule has 2 amide bonds. The molecule has 9 heteroatoms. The normalized spacial score (nSPS) is 16.6. The highest BCUT2D eigenvalue weighted by Crippen LogP contribution is 2.21. The van der Waals surface area contributed by atoms with E-state index in [9.17, 15) is 9.59 Å². The molecule has 9 nitrogen and oxygen atoms in total. The molecule has 1 aliphatic heterocycles. The SMILES string of the molecule is NC(=O)c1ccn(-c2ccccc2NC(=O)c2ccn(C3CCCNC3)n2)n1. The van der Waals surface area contributed by atoms with Crippen LogP contribution in [0.5, 0.6) is 0 Å². The molecule has 1 unspecified atom stereocenters. The van der Waals surface area contributed by atoms with Crippen LogP contribution in [0.3, 0.4) is 0 Å². The van der Waals surface area contributed by atoms with Gasteiger partial charge in [0.1, 0.15) is 5.69 Å². The smallest absolute Gasteiger partial charge is 0.276 e. The first-order chi connectivity index (χ1) is 13.6. The summed E-state index contributed by atoms with van der Waals surface area (Å²) in [4.78, 5) is 24.0. The summed E-state index contributed by atoms with van der Waals surface area (Å²) >= 11 is 0. The van der Waals surface area contributed by atoms with Crippen molar-refractivity contribution in [1.29, 1.82) is 0 Å². The lowest BCUT2D eigenvalue weighted by atomic mass is 10.1. The van der Waals surface area contributed by atoms with Crippen LogP contribution in [0.15, 0.2) is 48.8 Å². The van der Waals surface area contributed by atoms with E-state index < -0.39 is 5.91 Å². The van der Waals surface area contributed by atoms with Gasteiger partial charge in [0, 0.05) is 18.9 Å². The molecular formula is C19H21N7O2. The number of carbonyl (C=O) groups excluding carboxylic acids is 2. The van der Waals surface area contributed by atoms with Crippen molar-refractivity contribution >= 4 is 17.5 Å². The summed E-state index contributed by atoms with van der Waals surface area (Å²) in [5.41, 5.74) is 6.94. The standard InChI is InChI=1S/C19H21N7O2/c20-18(27)15-7-11-26(23-15)17-6-2-1-5-14(17)22-19(28)16-8-10-25(24-16)13-4-3-9-21-12-13/h1-2,5-8,10-11,13,21H,3-4,9,12H2,(H2,20,27)(H,22,28). The van der Waals surface area contributed by atoms with Gasteiger partial charge in [-0.3, -0.25) is 14.3 Å². The fourth-order valence-corrected chi connectivity index (χ4v) is 3.28. The lowest BCUT2D eigenvalue weighted by Gasteiger charge is -2.22. The van der Waals surface area contributed by atoms with Gasteiger partial charge in [0.25, 0.3) is 11.8 Å². The van der Waals surface area contributed by atoms with E-state index in [2.05, 4.69) is 20.8 Å². The van der Waals surface area contributed by atoms with Crippen molar-refractivity contribution in [3.63, 3.8) is 0 Å². The summed E-state index contributed by atoms with van der Waals surface area (Å²) < 4.78 is 3.35. The van der Waals surface area contributed by atoms with E-state index in [0.717, 1.165) is 25.9 Å². The van der Waals surface area contributed by atoms with E-state index in [0.29, 0.717) is 17.1 Å². The number of carbonyl (C=O) groups is 2. The summed E-state index contributed by atoms with van der Waals surface area (Å²) in [6.45, 7) is 1.87. The second-order valence-electron chi connectivity index (χ2n) is 6.66. The number of benzene rings is 1. The lowest BCUT2D eigenvalue weighted by molar-refractivity contribution is 0.0992. The summed E-state index contributed by atoms with van der Waals surface area (Å²) in [5, 5.41) is 14.8. The van der Waals surface area contributed by atoms with Crippen LogP contribution in [0.25, 0.3) is 5.69 Å². The zero-order valence-electron chi connectivity index (χ0n) is 15.2.